The molecule has 2 amide bonds. The number of para-hydroxylation sites is 1. The Hall–Kier alpha value is -2.82. The zero-order chi connectivity index (χ0) is 18.4. The zero-order valence-electron chi connectivity index (χ0n) is 15.0. The van der Waals surface area contributed by atoms with Gasteiger partial charge < -0.3 is 15.0 Å². The third-order valence-electron chi connectivity index (χ3n) is 4.46. The minimum atomic E-state index is -0.232. The molecule has 0 aromatic heterocycles. The van der Waals surface area contributed by atoms with Gasteiger partial charge in [0.05, 0.1) is 12.2 Å². The number of ether oxygens (including phenoxy) is 1. The number of likely N-dealkylation sites (tertiary alicyclic amines) is 1. The molecule has 0 saturated carbocycles. The van der Waals surface area contributed by atoms with Gasteiger partial charge in [-0.1, -0.05) is 12.1 Å². The highest BCUT2D eigenvalue weighted by Crippen LogP contribution is 2.20. The summed E-state index contributed by atoms with van der Waals surface area (Å²) >= 11 is 0. The van der Waals surface area contributed by atoms with E-state index in [1.807, 2.05) is 17.9 Å². The number of carbonyl (C=O) groups is 2. The lowest BCUT2D eigenvalue weighted by Crippen LogP contribution is -2.35. The van der Waals surface area contributed by atoms with Gasteiger partial charge in [-0.25, -0.2) is 0 Å². The summed E-state index contributed by atoms with van der Waals surface area (Å²) < 4.78 is 5.50. The molecule has 136 valence electrons. The van der Waals surface area contributed by atoms with E-state index in [-0.39, 0.29) is 11.8 Å². The van der Waals surface area contributed by atoms with E-state index < -0.39 is 0 Å². The average molecular weight is 352 g/mol. The van der Waals surface area contributed by atoms with Crippen molar-refractivity contribution in [3.8, 4) is 5.75 Å². The number of piperidine rings is 1. The van der Waals surface area contributed by atoms with Crippen LogP contribution in [0.1, 0.15) is 46.9 Å². The molecule has 0 spiro atoms. The van der Waals surface area contributed by atoms with E-state index >= 15 is 0 Å². The Morgan fingerprint density at radius 1 is 1.00 bits per heavy atom. The fourth-order valence-electron chi connectivity index (χ4n) is 3.11. The molecule has 26 heavy (non-hydrogen) atoms. The highest BCUT2D eigenvalue weighted by molar-refractivity contribution is 6.06. The van der Waals surface area contributed by atoms with Gasteiger partial charge in [0, 0.05) is 24.3 Å². The number of benzene rings is 2. The number of carbonyl (C=O) groups excluding carboxylic acids is 2. The molecule has 0 atom stereocenters. The van der Waals surface area contributed by atoms with Crippen LogP contribution < -0.4 is 10.1 Å². The molecule has 3 rings (SSSR count). The number of rotatable bonds is 5. The fraction of sp³-hybridized carbons (Fsp3) is 0.333. The molecule has 1 N–H and O–H groups in total. The van der Waals surface area contributed by atoms with Crippen molar-refractivity contribution in [1.29, 1.82) is 0 Å². The second-order valence-corrected chi connectivity index (χ2v) is 6.31. The smallest absolute Gasteiger partial charge is 0.259 e. The minimum Gasteiger partial charge on any atom is -0.493 e. The molecular weight excluding hydrogens is 328 g/mol. The molecule has 2 aromatic carbocycles. The molecule has 1 saturated heterocycles. The first-order valence-electron chi connectivity index (χ1n) is 9.11. The number of nitrogens with zero attached hydrogens (tertiary/aromatic N) is 1. The van der Waals surface area contributed by atoms with Crippen molar-refractivity contribution in [2.75, 3.05) is 25.0 Å². The standard InChI is InChI=1S/C21H24N2O3/c1-2-26-19-9-5-4-8-18(19)20(24)22-17-12-10-16(11-13-17)21(25)23-14-6-3-7-15-23/h4-5,8-13H,2-3,6-7,14-15H2,1H3,(H,22,24). The molecule has 0 radical (unpaired) electrons. The van der Waals surface area contributed by atoms with Gasteiger partial charge in [-0.15, -0.1) is 0 Å². The van der Waals surface area contributed by atoms with Crippen LogP contribution in [0.5, 0.6) is 5.75 Å². The maximum absolute atomic E-state index is 12.5. The highest BCUT2D eigenvalue weighted by atomic mass is 16.5. The largest absolute Gasteiger partial charge is 0.493 e. The van der Waals surface area contributed by atoms with Crippen LogP contribution in [0.4, 0.5) is 5.69 Å². The Morgan fingerprint density at radius 2 is 1.69 bits per heavy atom. The van der Waals surface area contributed by atoms with Gasteiger partial charge in [-0.3, -0.25) is 9.59 Å². The van der Waals surface area contributed by atoms with Crippen molar-refractivity contribution in [2.45, 2.75) is 26.2 Å². The van der Waals surface area contributed by atoms with Gasteiger partial charge in [0.2, 0.25) is 0 Å². The number of hydrogen-bond acceptors (Lipinski definition) is 3. The van der Waals surface area contributed by atoms with E-state index in [1.165, 1.54) is 6.42 Å². The number of anilines is 1. The molecule has 1 heterocycles. The van der Waals surface area contributed by atoms with Gasteiger partial charge in [0.15, 0.2) is 0 Å². The lowest BCUT2D eigenvalue weighted by molar-refractivity contribution is 0.0724. The summed E-state index contributed by atoms with van der Waals surface area (Å²) in [7, 11) is 0. The van der Waals surface area contributed by atoms with Crippen molar-refractivity contribution in [3.63, 3.8) is 0 Å². The highest BCUT2D eigenvalue weighted by Gasteiger charge is 2.18. The zero-order valence-corrected chi connectivity index (χ0v) is 15.0. The summed E-state index contributed by atoms with van der Waals surface area (Å²) in [6, 6.07) is 14.2. The lowest BCUT2D eigenvalue weighted by atomic mass is 10.1. The van der Waals surface area contributed by atoms with Crippen molar-refractivity contribution in [2.24, 2.45) is 0 Å². The topological polar surface area (TPSA) is 58.6 Å². The van der Waals surface area contributed by atoms with Crippen LogP contribution in [0.15, 0.2) is 48.5 Å². The molecular formula is C21H24N2O3. The van der Waals surface area contributed by atoms with Gasteiger partial charge in [0.25, 0.3) is 11.8 Å². The molecule has 1 fully saturated rings. The molecule has 5 heteroatoms. The van der Waals surface area contributed by atoms with E-state index in [9.17, 15) is 9.59 Å². The minimum absolute atomic E-state index is 0.0595. The third kappa shape index (κ3) is 4.23. The Bertz CT molecular complexity index is 765. The lowest BCUT2D eigenvalue weighted by Gasteiger charge is -2.26. The van der Waals surface area contributed by atoms with Crippen LogP contribution in [0.3, 0.4) is 0 Å². The first-order valence-corrected chi connectivity index (χ1v) is 9.11. The van der Waals surface area contributed by atoms with E-state index in [0.717, 1.165) is 25.9 Å². The Balaban J connectivity index is 1.67. The van der Waals surface area contributed by atoms with Crippen molar-refractivity contribution in [3.05, 3.63) is 59.7 Å². The maximum Gasteiger partial charge on any atom is 0.259 e. The third-order valence-corrected chi connectivity index (χ3v) is 4.46. The summed E-state index contributed by atoms with van der Waals surface area (Å²) in [6.07, 6.45) is 3.33. The fourth-order valence-corrected chi connectivity index (χ4v) is 3.11. The van der Waals surface area contributed by atoms with Gasteiger partial charge in [-0.05, 0) is 62.6 Å². The first kappa shape index (κ1) is 18.0. The van der Waals surface area contributed by atoms with Crippen molar-refractivity contribution < 1.29 is 14.3 Å². The Labute approximate surface area is 154 Å². The Morgan fingerprint density at radius 3 is 2.38 bits per heavy atom. The van der Waals surface area contributed by atoms with Gasteiger partial charge >= 0.3 is 0 Å². The molecule has 0 aliphatic carbocycles. The van der Waals surface area contributed by atoms with Crippen molar-refractivity contribution >= 4 is 17.5 Å². The van der Waals surface area contributed by atoms with Gasteiger partial charge in [-0.2, -0.15) is 0 Å². The predicted molar refractivity (Wildman–Crippen MR) is 102 cm³/mol. The molecule has 0 bridgehead atoms. The van der Waals surface area contributed by atoms with E-state index in [1.54, 1.807) is 42.5 Å². The second-order valence-electron chi connectivity index (χ2n) is 6.31. The second kappa shape index (κ2) is 8.52. The summed E-state index contributed by atoms with van der Waals surface area (Å²) in [6.45, 7) is 4.03. The van der Waals surface area contributed by atoms with E-state index in [0.29, 0.717) is 29.2 Å². The number of hydrogen-bond donors (Lipinski definition) is 1. The normalized spacial score (nSPS) is 14.0. The average Bonchev–Trinajstić information content (AvgIpc) is 2.69. The van der Waals surface area contributed by atoms with E-state index in [2.05, 4.69) is 5.32 Å². The number of nitrogens with one attached hydrogen (secondary N) is 1. The van der Waals surface area contributed by atoms with Crippen LogP contribution in [0.2, 0.25) is 0 Å². The quantitative estimate of drug-likeness (QED) is 0.886. The SMILES string of the molecule is CCOc1ccccc1C(=O)Nc1ccc(C(=O)N2CCCCC2)cc1. The van der Waals surface area contributed by atoms with Crippen LogP contribution in [-0.2, 0) is 0 Å². The molecule has 1 aliphatic heterocycles. The van der Waals surface area contributed by atoms with E-state index in [4.69, 9.17) is 4.74 Å². The molecule has 5 nitrogen and oxygen atoms in total. The summed E-state index contributed by atoms with van der Waals surface area (Å²) in [5.74, 6) is 0.387. The van der Waals surface area contributed by atoms with Crippen molar-refractivity contribution in [1.82, 2.24) is 4.90 Å². The summed E-state index contributed by atoms with van der Waals surface area (Å²) in [5.41, 5.74) is 1.79. The first-order chi connectivity index (χ1) is 12.7. The van der Waals surface area contributed by atoms with Crippen LogP contribution in [0, 0.1) is 0 Å². The van der Waals surface area contributed by atoms with Crippen LogP contribution in [-0.4, -0.2) is 36.4 Å². The molecule has 0 unspecified atom stereocenters. The van der Waals surface area contributed by atoms with Crippen LogP contribution >= 0.6 is 0 Å². The van der Waals surface area contributed by atoms with Gasteiger partial charge in [0.1, 0.15) is 5.75 Å². The summed E-state index contributed by atoms with van der Waals surface area (Å²) in [4.78, 5) is 26.9. The maximum atomic E-state index is 12.5. The monoisotopic (exact) mass is 352 g/mol. The van der Waals surface area contributed by atoms with Crippen LogP contribution in [0.25, 0.3) is 0 Å². The molecule has 2 aromatic rings. The predicted octanol–water partition coefficient (Wildman–Crippen LogP) is 3.96. The molecule has 1 aliphatic rings. The summed E-state index contributed by atoms with van der Waals surface area (Å²) in [5, 5.41) is 2.86. The Kier molecular flexibility index (Phi) is 5.89. The number of amides is 2.